The Labute approximate surface area is 152 Å². The van der Waals surface area contributed by atoms with E-state index < -0.39 is 5.54 Å². The minimum absolute atomic E-state index is 0.228. The van der Waals surface area contributed by atoms with Gasteiger partial charge in [0.15, 0.2) is 11.3 Å². The maximum atomic E-state index is 13.5. The molecule has 0 aromatic heterocycles. The van der Waals surface area contributed by atoms with Crippen molar-refractivity contribution < 1.29 is 9.59 Å². The van der Waals surface area contributed by atoms with Crippen molar-refractivity contribution in [1.29, 1.82) is 0 Å². The first-order chi connectivity index (χ1) is 12.6. The number of nitrogens with one attached hydrogen (secondary N) is 1. The zero-order valence-corrected chi connectivity index (χ0v) is 14.3. The molecule has 0 fully saturated rings. The van der Waals surface area contributed by atoms with Crippen LogP contribution in [0, 0.1) is 0 Å². The molecule has 4 rings (SSSR count). The number of anilines is 3. The third-order valence-electron chi connectivity index (χ3n) is 4.66. The molecular weight excluding hydrogens is 324 g/mol. The van der Waals surface area contributed by atoms with E-state index in [0.29, 0.717) is 11.3 Å². The molecule has 4 nitrogen and oxygen atoms in total. The SMILES string of the molecule is CC1(Nc2ccccc2)C(=O)c2ccccc2N(c2ccccc2)C1=O. The normalized spacial score (nSPS) is 19.2. The van der Waals surface area contributed by atoms with E-state index in [1.54, 1.807) is 24.0 Å². The molecule has 1 aliphatic heterocycles. The second-order valence-electron chi connectivity index (χ2n) is 6.44. The second-order valence-corrected chi connectivity index (χ2v) is 6.44. The highest BCUT2D eigenvalue weighted by molar-refractivity contribution is 6.31. The summed E-state index contributed by atoms with van der Waals surface area (Å²) in [4.78, 5) is 28.3. The number of ketones is 1. The van der Waals surface area contributed by atoms with Crippen LogP contribution < -0.4 is 10.2 Å². The van der Waals surface area contributed by atoms with E-state index in [2.05, 4.69) is 5.32 Å². The lowest BCUT2D eigenvalue weighted by Gasteiger charge is -2.40. The molecule has 1 N–H and O–H groups in total. The minimum atomic E-state index is -1.38. The minimum Gasteiger partial charge on any atom is -0.365 e. The summed E-state index contributed by atoms with van der Waals surface area (Å²) < 4.78 is 0. The molecule has 26 heavy (non-hydrogen) atoms. The van der Waals surface area contributed by atoms with Crippen LogP contribution in [0.5, 0.6) is 0 Å². The molecule has 1 heterocycles. The van der Waals surface area contributed by atoms with Crippen molar-refractivity contribution in [3.8, 4) is 0 Å². The number of Topliss-reactive ketones (excluding diaryl/α,β-unsaturated/α-hetero) is 1. The van der Waals surface area contributed by atoms with Gasteiger partial charge in [-0.05, 0) is 43.3 Å². The second kappa shape index (κ2) is 6.15. The Morgan fingerprint density at radius 2 is 1.35 bits per heavy atom. The van der Waals surface area contributed by atoms with Crippen molar-refractivity contribution in [3.63, 3.8) is 0 Å². The van der Waals surface area contributed by atoms with Crippen LogP contribution in [-0.2, 0) is 4.79 Å². The first kappa shape index (κ1) is 16.1. The molecule has 0 aliphatic carbocycles. The molecule has 0 saturated carbocycles. The lowest BCUT2D eigenvalue weighted by Crippen LogP contribution is -2.59. The average Bonchev–Trinajstić information content (AvgIpc) is 2.68. The molecular formula is C22H18N2O2. The number of carbonyl (C=O) groups is 2. The number of fused-ring (bicyclic) bond motifs is 1. The molecule has 0 spiro atoms. The summed E-state index contributed by atoms with van der Waals surface area (Å²) in [7, 11) is 0. The third-order valence-corrected chi connectivity index (χ3v) is 4.66. The van der Waals surface area contributed by atoms with Crippen molar-refractivity contribution in [2.45, 2.75) is 12.5 Å². The molecule has 1 atom stereocenters. The summed E-state index contributed by atoms with van der Waals surface area (Å²) in [6.45, 7) is 1.65. The smallest absolute Gasteiger partial charge is 0.265 e. The molecule has 3 aromatic rings. The summed E-state index contributed by atoms with van der Waals surface area (Å²) in [5.41, 5.74) is 1.22. The van der Waals surface area contributed by atoms with Crippen molar-refractivity contribution in [2.75, 3.05) is 10.2 Å². The van der Waals surface area contributed by atoms with E-state index in [0.717, 1.165) is 11.4 Å². The maximum absolute atomic E-state index is 13.5. The lowest BCUT2D eigenvalue weighted by molar-refractivity contribution is -0.120. The van der Waals surface area contributed by atoms with E-state index in [1.165, 1.54) is 0 Å². The van der Waals surface area contributed by atoms with Crippen LogP contribution in [0.2, 0.25) is 0 Å². The Hall–Kier alpha value is -3.40. The molecule has 3 aromatic carbocycles. The van der Waals surface area contributed by atoms with Gasteiger partial charge in [0.05, 0.1) is 5.69 Å². The standard InChI is InChI=1S/C22H18N2O2/c1-22(23-16-10-4-2-5-11-16)20(25)18-14-8-9-15-19(18)24(21(22)26)17-12-6-3-7-13-17/h2-15,23H,1H3. The summed E-state index contributed by atoms with van der Waals surface area (Å²) >= 11 is 0. The Morgan fingerprint density at radius 1 is 0.769 bits per heavy atom. The Balaban J connectivity index is 1.87. The van der Waals surface area contributed by atoms with Gasteiger partial charge < -0.3 is 5.32 Å². The molecule has 1 amide bonds. The molecule has 0 bridgehead atoms. The number of nitrogens with zero attached hydrogens (tertiary/aromatic N) is 1. The number of hydrogen-bond donors (Lipinski definition) is 1. The summed E-state index contributed by atoms with van der Waals surface area (Å²) in [6, 6.07) is 25.9. The van der Waals surface area contributed by atoms with E-state index in [4.69, 9.17) is 0 Å². The number of rotatable bonds is 3. The van der Waals surface area contributed by atoms with Gasteiger partial charge in [0, 0.05) is 16.9 Å². The number of amides is 1. The Kier molecular flexibility index (Phi) is 3.81. The van der Waals surface area contributed by atoms with E-state index in [1.807, 2.05) is 72.8 Å². The van der Waals surface area contributed by atoms with Gasteiger partial charge in [0.25, 0.3) is 5.91 Å². The van der Waals surface area contributed by atoms with Crippen LogP contribution in [0.25, 0.3) is 0 Å². The monoisotopic (exact) mass is 342 g/mol. The van der Waals surface area contributed by atoms with Gasteiger partial charge in [-0.3, -0.25) is 14.5 Å². The van der Waals surface area contributed by atoms with Crippen molar-refractivity contribution >= 4 is 28.8 Å². The van der Waals surface area contributed by atoms with Crippen molar-refractivity contribution in [1.82, 2.24) is 0 Å². The van der Waals surface area contributed by atoms with Crippen LogP contribution in [-0.4, -0.2) is 17.2 Å². The molecule has 0 radical (unpaired) electrons. The first-order valence-corrected chi connectivity index (χ1v) is 8.48. The van der Waals surface area contributed by atoms with E-state index in [9.17, 15) is 9.59 Å². The largest absolute Gasteiger partial charge is 0.365 e. The Morgan fingerprint density at radius 3 is 2.04 bits per heavy atom. The number of carbonyl (C=O) groups excluding carboxylic acids is 2. The highest BCUT2D eigenvalue weighted by Crippen LogP contribution is 2.38. The van der Waals surface area contributed by atoms with E-state index >= 15 is 0 Å². The van der Waals surface area contributed by atoms with Gasteiger partial charge in [-0.2, -0.15) is 0 Å². The van der Waals surface area contributed by atoms with Gasteiger partial charge in [-0.1, -0.05) is 48.5 Å². The van der Waals surface area contributed by atoms with E-state index in [-0.39, 0.29) is 11.7 Å². The molecule has 0 saturated heterocycles. The molecule has 1 aliphatic rings. The highest BCUT2D eigenvalue weighted by atomic mass is 16.2. The Bertz CT molecular complexity index is 970. The fourth-order valence-electron chi connectivity index (χ4n) is 3.31. The third kappa shape index (κ3) is 2.47. The van der Waals surface area contributed by atoms with Crippen LogP contribution >= 0.6 is 0 Å². The number of hydrogen-bond acceptors (Lipinski definition) is 3. The first-order valence-electron chi connectivity index (χ1n) is 8.48. The molecule has 1 unspecified atom stereocenters. The topological polar surface area (TPSA) is 49.4 Å². The summed E-state index contributed by atoms with van der Waals surface area (Å²) in [5.74, 6) is -0.523. The fourth-order valence-corrected chi connectivity index (χ4v) is 3.31. The summed E-state index contributed by atoms with van der Waals surface area (Å²) in [6.07, 6.45) is 0. The van der Waals surface area contributed by atoms with Gasteiger partial charge in [0.1, 0.15) is 0 Å². The van der Waals surface area contributed by atoms with Gasteiger partial charge in [0.2, 0.25) is 0 Å². The highest BCUT2D eigenvalue weighted by Gasteiger charge is 2.50. The lowest BCUT2D eigenvalue weighted by atomic mass is 9.84. The predicted octanol–water partition coefficient (Wildman–Crippen LogP) is 4.42. The van der Waals surface area contributed by atoms with Crippen LogP contribution in [0.3, 0.4) is 0 Å². The van der Waals surface area contributed by atoms with Crippen LogP contribution in [0.4, 0.5) is 17.1 Å². The molecule has 128 valence electrons. The average molecular weight is 342 g/mol. The van der Waals surface area contributed by atoms with Crippen LogP contribution in [0.15, 0.2) is 84.9 Å². The molecule has 4 heteroatoms. The summed E-state index contributed by atoms with van der Waals surface area (Å²) in [5, 5.41) is 3.16. The van der Waals surface area contributed by atoms with Crippen molar-refractivity contribution in [3.05, 3.63) is 90.5 Å². The van der Waals surface area contributed by atoms with Gasteiger partial charge in [-0.25, -0.2) is 0 Å². The van der Waals surface area contributed by atoms with Crippen LogP contribution in [0.1, 0.15) is 17.3 Å². The van der Waals surface area contributed by atoms with Crippen molar-refractivity contribution in [2.24, 2.45) is 0 Å². The number of benzene rings is 3. The van der Waals surface area contributed by atoms with Gasteiger partial charge >= 0.3 is 0 Å². The quantitative estimate of drug-likeness (QED) is 0.717. The maximum Gasteiger partial charge on any atom is 0.265 e. The number of para-hydroxylation sites is 3. The van der Waals surface area contributed by atoms with Gasteiger partial charge in [-0.15, -0.1) is 0 Å². The predicted molar refractivity (Wildman–Crippen MR) is 103 cm³/mol. The zero-order valence-electron chi connectivity index (χ0n) is 14.3. The fraction of sp³-hybridized carbons (Fsp3) is 0.0909. The zero-order chi connectivity index (χ0) is 18.1.